The molecule has 0 amide bonds. The fourth-order valence-corrected chi connectivity index (χ4v) is 4.03. The molecule has 0 unspecified atom stereocenters. The monoisotopic (exact) mass is 542 g/mol. The summed E-state index contributed by atoms with van der Waals surface area (Å²) in [7, 11) is 0. The number of alkyl halides is 3. The number of aromatic carboxylic acids is 1. The van der Waals surface area contributed by atoms with E-state index in [0.717, 1.165) is 12.1 Å². The van der Waals surface area contributed by atoms with Crippen LogP contribution in [0.1, 0.15) is 16.2 Å². The molecule has 5 rings (SSSR count). The van der Waals surface area contributed by atoms with Crippen LogP contribution in [0.3, 0.4) is 0 Å². The minimum absolute atomic E-state index is 0. The zero-order valence-corrected chi connectivity index (χ0v) is 19.4. The van der Waals surface area contributed by atoms with Crippen LogP contribution in [0.4, 0.5) is 33.7 Å². The first kappa shape index (κ1) is 26.0. The van der Waals surface area contributed by atoms with Gasteiger partial charge in [-0.2, -0.15) is 18.2 Å². The Morgan fingerprint density at radius 1 is 0.973 bits per heavy atom. The first-order valence-electron chi connectivity index (χ1n) is 10.5. The lowest BCUT2D eigenvalue weighted by molar-refractivity contribution is -0.159. The van der Waals surface area contributed by atoms with Crippen LogP contribution in [0.2, 0.25) is 0 Å². The summed E-state index contributed by atoms with van der Waals surface area (Å²) in [5.41, 5.74) is 0.366. The number of carbonyl (C=O) groups is 1. The summed E-state index contributed by atoms with van der Waals surface area (Å²) in [6.07, 6.45) is -3.53. The smallest absolute Gasteiger partial charge is 0.471 e. The van der Waals surface area contributed by atoms with Crippen molar-refractivity contribution < 1.29 is 36.4 Å². The van der Waals surface area contributed by atoms with Crippen molar-refractivity contribution in [3.05, 3.63) is 59.7 Å². The van der Waals surface area contributed by atoms with E-state index in [1.54, 1.807) is 4.90 Å². The van der Waals surface area contributed by atoms with Crippen LogP contribution in [-0.2, 0) is 6.18 Å². The summed E-state index contributed by atoms with van der Waals surface area (Å²) >= 11 is 0. The van der Waals surface area contributed by atoms with Crippen molar-refractivity contribution in [2.24, 2.45) is 0 Å². The van der Waals surface area contributed by atoms with Gasteiger partial charge in [0.1, 0.15) is 23.8 Å². The molecule has 37 heavy (non-hydrogen) atoms. The van der Waals surface area contributed by atoms with E-state index >= 15 is 0 Å². The summed E-state index contributed by atoms with van der Waals surface area (Å²) in [6.45, 7) is 0.943. The molecule has 1 aliphatic rings. The van der Waals surface area contributed by atoms with Crippen molar-refractivity contribution >= 4 is 41.0 Å². The summed E-state index contributed by atoms with van der Waals surface area (Å²) in [5, 5.41) is 12.5. The zero-order valence-electron chi connectivity index (χ0n) is 18.5. The fraction of sp³-hybridized carbons (Fsp3) is 0.227. The Kier molecular flexibility index (Phi) is 6.86. The zero-order chi connectivity index (χ0) is 25.6. The molecule has 9 nitrogen and oxygen atoms in total. The van der Waals surface area contributed by atoms with Gasteiger partial charge in [-0.15, -0.1) is 12.4 Å². The van der Waals surface area contributed by atoms with E-state index in [2.05, 4.69) is 24.6 Å². The highest BCUT2D eigenvalue weighted by Gasteiger charge is 2.39. The second-order valence-corrected chi connectivity index (χ2v) is 7.89. The van der Waals surface area contributed by atoms with Gasteiger partial charge in [0.05, 0.1) is 16.5 Å². The average molecular weight is 543 g/mol. The lowest BCUT2D eigenvalue weighted by Gasteiger charge is -2.35. The molecule has 0 bridgehead atoms. The van der Waals surface area contributed by atoms with Crippen LogP contribution in [0.5, 0.6) is 0 Å². The third-order valence-electron chi connectivity index (χ3n) is 5.75. The largest absolute Gasteiger partial charge is 0.478 e. The number of carboxylic acid groups (broad SMARTS) is 1. The molecule has 2 aromatic carbocycles. The highest BCUT2D eigenvalue weighted by Crippen LogP contribution is 2.35. The normalized spacial score (nSPS) is 14.1. The van der Waals surface area contributed by atoms with Gasteiger partial charge >= 0.3 is 18.0 Å². The number of anilines is 2. The summed E-state index contributed by atoms with van der Waals surface area (Å²) in [4.78, 5) is 26.2. The molecule has 0 radical (unpaired) electrons. The van der Waals surface area contributed by atoms with Crippen LogP contribution in [0.25, 0.3) is 22.0 Å². The number of rotatable bonds is 4. The van der Waals surface area contributed by atoms with Crippen LogP contribution in [-0.4, -0.2) is 57.4 Å². The molecule has 0 aliphatic carbocycles. The van der Waals surface area contributed by atoms with E-state index in [-0.39, 0.29) is 61.3 Å². The predicted molar refractivity (Wildman–Crippen MR) is 123 cm³/mol. The van der Waals surface area contributed by atoms with E-state index in [1.165, 1.54) is 29.4 Å². The molecule has 2 aromatic heterocycles. The van der Waals surface area contributed by atoms with Gasteiger partial charge in [-0.05, 0) is 35.0 Å². The van der Waals surface area contributed by atoms with Crippen molar-refractivity contribution in [1.29, 1.82) is 0 Å². The quantitative estimate of drug-likeness (QED) is 0.375. The van der Waals surface area contributed by atoms with E-state index in [0.29, 0.717) is 11.1 Å². The molecule has 4 aromatic rings. The van der Waals surface area contributed by atoms with Gasteiger partial charge < -0.3 is 19.4 Å². The van der Waals surface area contributed by atoms with Crippen molar-refractivity contribution in [2.45, 2.75) is 6.18 Å². The maximum Gasteiger partial charge on any atom is 0.471 e. The molecule has 194 valence electrons. The Bertz CT molecular complexity index is 1470. The van der Waals surface area contributed by atoms with Gasteiger partial charge in [0, 0.05) is 31.7 Å². The first-order chi connectivity index (χ1) is 17.1. The molecule has 0 spiro atoms. The highest BCUT2D eigenvalue weighted by molar-refractivity contribution is 6.00. The Morgan fingerprint density at radius 2 is 1.68 bits per heavy atom. The maximum absolute atomic E-state index is 15.0. The van der Waals surface area contributed by atoms with Crippen LogP contribution in [0, 0.1) is 11.6 Å². The molecule has 1 fully saturated rings. The standard InChI is InChI=1S/C22H15F5N6O3.ClH/c23-14-4-3-12(11-1-2-13(19(34)35)15(24)9-11)17-16(14)18(29-10-28-17)32-5-7-33(8-6-32)21-30-20(36-31-21)22(25,26)27;/h1-4,9-10H,5-8H2,(H,34,35);1H. The molecule has 0 saturated carbocycles. The molecule has 1 saturated heterocycles. The van der Waals surface area contributed by atoms with Crippen molar-refractivity contribution in [2.75, 3.05) is 36.0 Å². The minimum Gasteiger partial charge on any atom is -0.478 e. The molecular weight excluding hydrogens is 527 g/mol. The SMILES string of the molecule is Cl.O=C(O)c1ccc(-c2ccc(F)c3c(N4CCN(c5noc(C(F)(F)F)n5)CC4)ncnc23)cc1F. The third kappa shape index (κ3) is 4.83. The Labute approximate surface area is 210 Å². The number of carboxylic acids is 1. The Morgan fingerprint density at radius 3 is 2.30 bits per heavy atom. The van der Waals surface area contributed by atoms with Gasteiger partial charge in [-0.1, -0.05) is 6.07 Å². The van der Waals surface area contributed by atoms with Crippen LogP contribution >= 0.6 is 12.4 Å². The fourth-order valence-electron chi connectivity index (χ4n) is 4.03. The Balaban J connectivity index is 0.00000320. The molecule has 1 N–H and O–H groups in total. The molecule has 15 heteroatoms. The van der Waals surface area contributed by atoms with Gasteiger partial charge in [-0.3, -0.25) is 0 Å². The van der Waals surface area contributed by atoms with E-state index in [4.69, 9.17) is 5.11 Å². The van der Waals surface area contributed by atoms with E-state index in [1.807, 2.05) is 0 Å². The number of aromatic nitrogens is 4. The van der Waals surface area contributed by atoms with Gasteiger partial charge in [0.2, 0.25) is 0 Å². The van der Waals surface area contributed by atoms with Gasteiger partial charge in [-0.25, -0.2) is 23.5 Å². The third-order valence-corrected chi connectivity index (χ3v) is 5.75. The molecular formula is C22H16ClF5N6O3. The number of benzene rings is 2. The summed E-state index contributed by atoms with van der Waals surface area (Å²) < 4.78 is 71.8. The predicted octanol–water partition coefficient (Wildman–Crippen LogP) is 4.42. The van der Waals surface area contributed by atoms with Gasteiger partial charge in [0.15, 0.2) is 0 Å². The molecule has 0 atom stereocenters. The topological polar surface area (TPSA) is 108 Å². The van der Waals surface area contributed by atoms with Crippen molar-refractivity contribution in [1.82, 2.24) is 20.1 Å². The second kappa shape index (κ2) is 9.76. The van der Waals surface area contributed by atoms with Crippen LogP contribution < -0.4 is 9.80 Å². The first-order valence-corrected chi connectivity index (χ1v) is 10.5. The lowest BCUT2D eigenvalue weighted by atomic mass is 10.00. The Hall–Kier alpha value is -4.07. The second-order valence-electron chi connectivity index (χ2n) is 7.89. The van der Waals surface area contributed by atoms with Crippen LogP contribution in [0.15, 0.2) is 41.2 Å². The number of nitrogens with zero attached hydrogens (tertiary/aromatic N) is 6. The van der Waals surface area contributed by atoms with E-state index < -0.39 is 35.2 Å². The number of hydrogen-bond acceptors (Lipinski definition) is 8. The van der Waals surface area contributed by atoms with Crippen molar-refractivity contribution in [3.8, 4) is 11.1 Å². The van der Waals surface area contributed by atoms with Gasteiger partial charge in [0.25, 0.3) is 5.95 Å². The number of halogens is 6. The molecule has 3 heterocycles. The highest BCUT2D eigenvalue weighted by atomic mass is 35.5. The minimum atomic E-state index is -4.75. The average Bonchev–Trinajstić information content (AvgIpc) is 3.35. The number of fused-ring (bicyclic) bond motifs is 1. The summed E-state index contributed by atoms with van der Waals surface area (Å²) in [6, 6.07) is 6.15. The lowest BCUT2D eigenvalue weighted by Crippen LogP contribution is -2.47. The van der Waals surface area contributed by atoms with E-state index in [9.17, 15) is 26.7 Å². The number of piperazine rings is 1. The van der Waals surface area contributed by atoms with Crippen molar-refractivity contribution in [3.63, 3.8) is 0 Å². The maximum atomic E-state index is 15.0. The summed E-state index contributed by atoms with van der Waals surface area (Å²) in [5.74, 6) is -4.37. The molecule has 1 aliphatic heterocycles. The number of hydrogen-bond donors (Lipinski definition) is 1.